The molecular weight excluding hydrogens is 292 g/mol. The van der Waals surface area contributed by atoms with Crippen LogP contribution in [-0.4, -0.2) is 42.9 Å². The fourth-order valence-corrected chi connectivity index (χ4v) is 5.19. The van der Waals surface area contributed by atoms with Crippen molar-refractivity contribution >= 4 is 16.2 Å². The molecule has 1 saturated heterocycles. The van der Waals surface area contributed by atoms with E-state index in [4.69, 9.17) is 0 Å². The van der Waals surface area contributed by atoms with Gasteiger partial charge in [0, 0.05) is 19.1 Å². The monoisotopic (exact) mass is 318 g/mol. The minimum atomic E-state index is -3.44. The average molecular weight is 318 g/mol. The van der Waals surface area contributed by atoms with Crippen molar-refractivity contribution in [1.82, 2.24) is 9.03 Å². The summed E-state index contributed by atoms with van der Waals surface area (Å²) in [6.07, 6.45) is 2.91. The van der Waals surface area contributed by atoms with Crippen LogP contribution in [0.15, 0.2) is 0 Å². The molecule has 0 spiro atoms. The minimum Gasteiger partial charge on any atom is -0.481 e. The lowest BCUT2D eigenvalue weighted by molar-refractivity contribution is -0.150. The summed E-state index contributed by atoms with van der Waals surface area (Å²) in [6, 6.07) is -0.193. The lowest BCUT2D eigenvalue weighted by atomic mass is 9.61. The van der Waals surface area contributed by atoms with Crippen molar-refractivity contribution in [2.75, 3.05) is 13.1 Å². The summed E-state index contributed by atoms with van der Waals surface area (Å²) in [6.45, 7) is 6.96. The van der Waals surface area contributed by atoms with Gasteiger partial charge in [-0.2, -0.15) is 17.4 Å². The molecule has 122 valence electrons. The second kappa shape index (κ2) is 5.85. The molecule has 2 fully saturated rings. The summed E-state index contributed by atoms with van der Waals surface area (Å²) in [5.41, 5.74) is -0.428. The average Bonchev–Trinajstić information content (AvgIpc) is 2.89. The number of carbonyl (C=O) groups is 1. The van der Waals surface area contributed by atoms with Crippen molar-refractivity contribution in [3.05, 3.63) is 0 Å². The zero-order valence-electron chi connectivity index (χ0n) is 13.0. The van der Waals surface area contributed by atoms with Crippen LogP contribution in [0.25, 0.3) is 0 Å². The second-order valence-electron chi connectivity index (χ2n) is 6.91. The van der Waals surface area contributed by atoms with Crippen LogP contribution in [0.4, 0.5) is 0 Å². The quantitative estimate of drug-likeness (QED) is 0.821. The molecule has 2 aliphatic rings. The standard InChI is InChI=1S/C14H26N2O4S/c1-10-12(7-6-11(13(17)18)14(10,2)3)15-21(19,20)16-8-4-5-9-16/h10-12,15H,4-9H2,1-3H3,(H,17,18). The molecule has 3 atom stereocenters. The number of rotatable bonds is 4. The summed E-state index contributed by atoms with van der Waals surface area (Å²) >= 11 is 0. The van der Waals surface area contributed by atoms with Crippen LogP contribution >= 0.6 is 0 Å². The third-order valence-corrected chi connectivity index (χ3v) is 7.09. The Labute approximate surface area is 127 Å². The van der Waals surface area contributed by atoms with Crippen LogP contribution in [0.3, 0.4) is 0 Å². The Hall–Kier alpha value is -0.660. The molecule has 1 saturated carbocycles. The Bertz CT molecular complexity index is 497. The van der Waals surface area contributed by atoms with Gasteiger partial charge in [0.05, 0.1) is 5.92 Å². The molecule has 1 aliphatic heterocycles. The summed E-state index contributed by atoms with van der Waals surface area (Å²) in [5.74, 6) is -1.22. The molecule has 2 rings (SSSR count). The Balaban J connectivity index is 2.10. The number of carboxylic acids is 1. The van der Waals surface area contributed by atoms with Crippen molar-refractivity contribution in [2.45, 2.75) is 52.5 Å². The molecule has 2 N–H and O–H groups in total. The molecule has 0 aromatic rings. The van der Waals surface area contributed by atoms with E-state index in [2.05, 4.69) is 4.72 Å². The lowest BCUT2D eigenvalue weighted by Crippen LogP contribution is -2.54. The highest BCUT2D eigenvalue weighted by Crippen LogP contribution is 2.45. The van der Waals surface area contributed by atoms with E-state index in [1.54, 1.807) is 0 Å². The van der Waals surface area contributed by atoms with Gasteiger partial charge in [-0.15, -0.1) is 0 Å². The number of nitrogens with zero attached hydrogens (tertiary/aromatic N) is 1. The molecule has 1 aliphatic carbocycles. The SMILES string of the molecule is CC1C(NS(=O)(=O)N2CCCC2)CCC(C(=O)O)C1(C)C. The summed E-state index contributed by atoms with van der Waals surface area (Å²) in [5, 5.41) is 9.34. The molecule has 0 bridgehead atoms. The number of nitrogens with one attached hydrogen (secondary N) is 1. The Morgan fingerprint density at radius 2 is 1.81 bits per heavy atom. The number of hydrogen-bond donors (Lipinski definition) is 2. The molecule has 1 heterocycles. The smallest absolute Gasteiger partial charge is 0.307 e. The minimum absolute atomic E-state index is 0.0234. The number of carboxylic acid groups (broad SMARTS) is 1. The van der Waals surface area contributed by atoms with E-state index in [-0.39, 0.29) is 12.0 Å². The van der Waals surface area contributed by atoms with Crippen LogP contribution in [0.5, 0.6) is 0 Å². The highest BCUT2D eigenvalue weighted by Gasteiger charge is 2.47. The van der Waals surface area contributed by atoms with Gasteiger partial charge in [0.15, 0.2) is 0 Å². The maximum atomic E-state index is 12.4. The van der Waals surface area contributed by atoms with E-state index in [1.165, 1.54) is 4.31 Å². The van der Waals surface area contributed by atoms with Gasteiger partial charge in [0.2, 0.25) is 0 Å². The molecule has 0 radical (unpaired) electrons. The first-order valence-electron chi connectivity index (χ1n) is 7.66. The first-order chi connectivity index (χ1) is 9.66. The van der Waals surface area contributed by atoms with Gasteiger partial charge in [-0.05, 0) is 37.0 Å². The zero-order valence-corrected chi connectivity index (χ0v) is 13.8. The molecule has 3 unspecified atom stereocenters. The van der Waals surface area contributed by atoms with E-state index < -0.39 is 27.5 Å². The molecular formula is C14H26N2O4S. The van der Waals surface area contributed by atoms with E-state index in [0.29, 0.717) is 25.9 Å². The van der Waals surface area contributed by atoms with Crippen LogP contribution in [0.2, 0.25) is 0 Å². The molecule has 0 amide bonds. The highest BCUT2D eigenvalue weighted by molar-refractivity contribution is 7.87. The van der Waals surface area contributed by atoms with Crippen molar-refractivity contribution in [3.8, 4) is 0 Å². The van der Waals surface area contributed by atoms with Gasteiger partial charge in [-0.3, -0.25) is 4.79 Å². The van der Waals surface area contributed by atoms with Crippen LogP contribution in [0.1, 0.15) is 46.5 Å². The van der Waals surface area contributed by atoms with Gasteiger partial charge >= 0.3 is 5.97 Å². The predicted octanol–water partition coefficient (Wildman–Crippen LogP) is 1.44. The molecule has 0 aromatic heterocycles. The lowest BCUT2D eigenvalue weighted by Gasteiger charge is -2.46. The van der Waals surface area contributed by atoms with Gasteiger partial charge in [0.25, 0.3) is 10.2 Å². The number of hydrogen-bond acceptors (Lipinski definition) is 3. The maximum absolute atomic E-state index is 12.4. The summed E-state index contributed by atoms with van der Waals surface area (Å²) < 4.78 is 29.0. The van der Waals surface area contributed by atoms with Crippen molar-refractivity contribution < 1.29 is 18.3 Å². The Kier molecular flexibility index (Phi) is 4.66. The molecule has 21 heavy (non-hydrogen) atoms. The van der Waals surface area contributed by atoms with E-state index >= 15 is 0 Å². The third-order valence-electron chi connectivity index (χ3n) is 5.44. The first-order valence-corrected chi connectivity index (χ1v) is 9.10. The van der Waals surface area contributed by atoms with Crippen molar-refractivity contribution in [1.29, 1.82) is 0 Å². The first kappa shape index (κ1) is 16.7. The highest BCUT2D eigenvalue weighted by atomic mass is 32.2. The van der Waals surface area contributed by atoms with Crippen molar-refractivity contribution in [2.24, 2.45) is 17.3 Å². The van der Waals surface area contributed by atoms with Gasteiger partial charge < -0.3 is 5.11 Å². The zero-order chi connectivity index (χ0) is 15.8. The van der Waals surface area contributed by atoms with E-state index in [1.807, 2.05) is 20.8 Å². The predicted molar refractivity (Wildman–Crippen MR) is 80.0 cm³/mol. The van der Waals surface area contributed by atoms with Gasteiger partial charge in [-0.25, -0.2) is 0 Å². The van der Waals surface area contributed by atoms with Crippen LogP contribution in [0, 0.1) is 17.3 Å². The number of aliphatic carboxylic acids is 1. The third kappa shape index (κ3) is 3.24. The second-order valence-corrected chi connectivity index (χ2v) is 8.62. The topological polar surface area (TPSA) is 86.7 Å². The van der Waals surface area contributed by atoms with E-state index in [9.17, 15) is 18.3 Å². The van der Waals surface area contributed by atoms with Crippen molar-refractivity contribution in [3.63, 3.8) is 0 Å². The van der Waals surface area contributed by atoms with Gasteiger partial charge in [-0.1, -0.05) is 20.8 Å². The molecule has 7 heteroatoms. The molecule has 6 nitrogen and oxygen atoms in total. The Morgan fingerprint density at radius 1 is 1.24 bits per heavy atom. The molecule has 0 aromatic carbocycles. The largest absolute Gasteiger partial charge is 0.481 e. The fourth-order valence-electron chi connectivity index (χ4n) is 3.60. The maximum Gasteiger partial charge on any atom is 0.307 e. The summed E-state index contributed by atoms with van der Waals surface area (Å²) in [7, 11) is -3.44. The summed E-state index contributed by atoms with van der Waals surface area (Å²) in [4.78, 5) is 11.4. The van der Waals surface area contributed by atoms with Gasteiger partial charge in [0.1, 0.15) is 0 Å². The fraction of sp³-hybridized carbons (Fsp3) is 0.929. The van der Waals surface area contributed by atoms with Crippen LogP contribution < -0.4 is 4.72 Å². The Morgan fingerprint density at radius 3 is 2.33 bits per heavy atom. The normalized spacial score (nSPS) is 34.0. The van der Waals surface area contributed by atoms with Crippen LogP contribution in [-0.2, 0) is 15.0 Å². The van der Waals surface area contributed by atoms with E-state index in [0.717, 1.165) is 12.8 Å².